The predicted octanol–water partition coefficient (Wildman–Crippen LogP) is 3.30. The zero-order valence-electron chi connectivity index (χ0n) is 16.1. The second-order valence-electron chi connectivity index (χ2n) is 5.88. The summed E-state index contributed by atoms with van der Waals surface area (Å²) in [6.07, 6.45) is 2.35. The van der Waals surface area contributed by atoms with Crippen molar-refractivity contribution in [3.05, 3.63) is 54.2 Å². The first kappa shape index (κ1) is 19.2. The van der Waals surface area contributed by atoms with Gasteiger partial charge in [0.2, 0.25) is 5.95 Å². The Morgan fingerprint density at radius 2 is 1.68 bits per heavy atom. The molecule has 1 heterocycles. The van der Waals surface area contributed by atoms with E-state index in [1.54, 1.807) is 27.5 Å². The van der Waals surface area contributed by atoms with Crippen molar-refractivity contribution in [2.75, 3.05) is 38.5 Å². The van der Waals surface area contributed by atoms with Crippen molar-refractivity contribution >= 4 is 17.5 Å². The Kier molecular flexibility index (Phi) is 6.46. The maximum Gasteiger partial charge on any atom is 0.244 e. The van der Waals surface area contributed by atoms with Crippen LogP contribution in [0, 0.1) is 0 Å². The molecule has 0 aliphatic heterocycles. The molecular weight excluding hydrogens is 358 g/mol. The summed E-state index contributed by atoms with van der Waals surface area (Å²) in [5.41, 5.74) is 2.00. The monoisotopic (exact) mass is 381 g/mol. The van der Waals surface area contributed by atoms with Crippen LogP contribution in [-0.4, -0.2) is 43.1 Å². The van der Waals surface area contributed by atoms with Gasteiger partial charge in [-0.1, -0.05) is 6.07 Å². The largest absolute Gasteiger partial charge is 0.497 e. The molecule has 0 saturated carbocycles. The molecule has 0 spiro atoms. The lowest BCUT2D eigenvalue weighted by molar-refractivity contribution is 0.354. The highest BCUT2D eigenvalue weighted by Gasteiger charge is 2.05. The van der Waals surface area contributed by atoms with Gasteiger partial charge in [-0.05, 0) is 48.4 Å². The predicted molar refractivity (Wildman–Crippen MR) is 108 cm³/mol. The molecular formula is C20H23N5O3. The molecule has 0 saturated heterocycles. The minimum atomic E-state index is 0.457. The van der Waals surface area contributed by atoms with E-state index in [9.17, 15) is 0 Å². The van der Waals surface area contributed by atoms with Gasteiger partial charge in [-0.15, -0.1) is 5.10 Å². The highest BCUT2D eigenvalue weighted by Crippen LogP contribution is 2.27. The van der Waals surface area contributed by atoms with Crippen molar-refractivity contribution in [1.82, 2.24) is 15.2 Å². The molecule has 8 heteroatoms. The lowest BCUT2D eigenvalue weighted by Gasteiger charge is -2.10. The van der Waals surface area contributed by atoms with E-state index in [1.165, 1.54) is 0 Å². The van der Waals surface area contributed by atoms with Crippen LogP contribution in [0.25, 0.3) is 0 Å². The molecule has 0 fully saturated rings. The van der Waals surface area contributed by atoms with E-state index in [0.29, 0.717) is 29.8 Å². The van der Waals surface area contributed by atoms with E-state index in [1.807, 2.05) is 42.5 Å². The Bertz CT molecular complexity index is 903. The van der Waals surface area contributed by atoms with E-state index in [4.69, 9.17) is 14.2 Å². The summed E-state index contributed by atoms with van der Waals surface area (Å²) in [5.74, 6) is 3.28. The van der Waals surface area contributed by atoms with Crippen LogP contribution in [0.4, 0.5) is 17.5 Å². The molecule has 0 amide bonds. The minimum Gasteiger partial charge on any atom is -0.497 e. The standard InChI is InChI=1S/C20H23N5O3/c1-26-16-7-5-15(6-8-16)23-19-13-22-25-20(24-19)21-11-10-14-4-9-17(27-2)18(12-14)28-3/h4-9,12-13H,10-11H2,1-3H3,(H2,21,23,24,25). The Hall–Kier alpha value is -3.55. The third kappa shape index (κ3) is 5.00. The number of hydrogen-bond donors (Lipinski definition) is 2. The number of rotatable bonds is 9. The Morgan fingerprint density at radius 3 is 2.39 bits per heavy atom. The van der Waals surface area contributed by atoms with Crippen molar-refractivity contribution < 1.29 is 14.2 Å². The first-order chi connectivity index (χ1) is 13.7. The summed E-state index contributed by atoms with van der Waals surface area (Å²) >= 11 is 0. The fourth-order valence-corrected chi connectivity index (χ4v) is 2.62. The summed E-state index contributed by atoms with van der Waals surface area (Å²) in [6, 6.07) is 13.4. The number of hydrogen-bond acceptors (Lipinski definition) is 8. The van der Waals surface area contributed by atoms with Gasteiger partial charge in [-0.25, -0.2) is 0 Å². The summed E-state index contributed by atoms with van der Waals surface area (Å²) in [6.45, 7) is 0.656. The van der Waals surface area contributed by atoms with Crippen molar-refractivity contribution in [1.29, 1.82) is 0 Å². The van der Waals surface area contributed by atoms with Gasteiger partial charge in [0.15, 0.2) is 17.3 Å². The smallest absolute Gasteiger partial charge is 0.244 e. The van der Waals surface area contributed by atoms with Gasteiger partial charge in [0, 0.05) is 12.2 Å². The summed E-state index contributed by atoms with van der Waals surface area (Å²) in [4.78, 5) is 4.43. The molecule has 0 aliphatic rings. The van der Waals surface area contributed by atoms with E-state index < -0.39 is 0 Å². The minimum absolute atomic E-state index is 0.457. The summed E-state index contributed by atoms with van der Waals surface area (Å²) in [5, 5.41) is 14.4. The molecule has 3 rings (SSSR count). The Labute approximate surface area is 163 Å². The highest BCUT2D eigenvalue weighted by molar-refractivity contribution is 5.57. The first-order valence-electron chi connectivity index (χ1n) is 8.77. The lowest BCUT2D eigenvalue weighted by atomic mass is 10.1. The number of benzene rings is 2. The van der Waals surface area contributed by atoms with Gasteiger partial charge in [-0.2, -0.15) is 10.1 Å². The fraction of sp³-hybridized carbons (Fsp3) is 0.250. The molecule has 0 aliphatic carbocycles. The number of anilines is 3. The molecule has 3 aromatic rings. The van der Waals surface area contributed by atoms with Crippen LogP contribution < -0.4 is 24.8 Å². The topological polar surface area (TPSA) is 90.4 Å². The molecule has 1 aromatic heterocycles. The zero-order chi connectivity index (χ0) is 19.8. The van der Waals surface area contributed by atoms with E-state index in [0.717, 1.165) is 23.4 Å². The van der Waals surface area contributed by atoms with Crippen molar-refractivity contribution in [2.24, 2.45) is 0 Å². The molecule has 2 N–H and O–H groups in total. The van der Waals surface area contributed by atoms with Crippen LogP contribution in [0.5, 0.6) is 17.2 Å². The molecule has 0 atom stereocenters. The molecule has 2 aromatic carbocycles. The average molecular weight is 381 g/mol. The van der Waals surface area contributed by atoms with Gasteiger partial charge in [0.25, 0.3) is 0 Å². The molecule has 0 radical (unpaired) electrons. The maximum atomic E-state index is 5.33. The average Bonchev–Trinajstić information content (AvgIpc) is 2.74. The normalized spacial score (nSPS) is 10.2. The molecule has 8 nitrogen and oxygen atoms in total. The van der Waals surface area contributed by atoms with Gasteiger partial charge >= 0.3 is 0 Å². The van der Waals surface area contributed by atoms with Crippen LogP contribution in [0.2, 0.25) is 0 Å². The Morgan fingerprint density at radius 1 is 0.893 bits per heavy atom. The summed E-state index contributed by atoms with van der Waals surface area (Å²) < 4.78 is 15.7. The number of ether oxygens (including phenoxy) is 3. The second-order valence-corrected chi connectivity index (χ2v) is 5.88. The van der Waals surface area contributed by atoms with E-state index in [2.05, 4.69) is 25.8 Å². The van der Waals surface area contributed by atoms with Crippen LogP contribution in [0.3, 0.4) is 0 Å². The van der Waals surface area contributed by atoms with Gasteiger partial charge < -0.3 is 24.8 Å². The fourth-order valence-electron chi connectivity index (χ4n) is 2.62. The molecule has 0 bridgehead atoms. The number of nitrogens with zero attached hydrogens (tertiary/aromatic N) is 3. The van der Waals surface area contributed by atoms with Crippen molar-refractivity contribution in [3.63, 3.8) is 0 Å². The Balaban J connectivity index is 1.57. The van der Waals surface area contributed by atoms with Crippen molar-refractivity contribution in [2.45, 2.75) is 6.42 Å². The third-order valence-corrected chi connectivity index (χ3v) is 4.07. The molecule has 28 heavy (non-hydrogen) atoms. The first-order valence-corrected chi connectivity index (χ1v) is 8.77. The van der Waals surface area contributed by atoms with Crippen molar-refractivity contribution in [3.8, 4) is 17.2 Å². The van der Waals surface area contributed by atoms with Crippen LogP contribution >= 0.6 is 0 Å². The van der Waals surface area contributed by atoms with E-state index in [-0.39, 0.29) is 0 Å². The highest BCUT2D eigenvalue weighted by atomic mass is 16.5. The van der Waals surface area contributed by atoms with E-state index >= 15 is 0 Å². The number of aromatic nitrogens is 3. The third-order valence-electron chi connectivity index (χ3n) is 4.07. The van der Waals surface area contributed by atoms with Gasteiger partial charge in [-0.3, -0.25) is 0 Å². The van der Waals surface area contributed by atoms with Gasteiger partial charge in [0.05, 0.1) is 27.5 Å². The molecule has 146 valence electrons. The maximum absolute atomic E-state index is 5.33. The number of nitrogens with one attached hydrogen (secondary N) is 2. The second kappa shape index (κ2) is 9.40. The van der Waals surface area contributed by atoms with Crippen LogP contribution in [0.1, 0.15) is 5.56 Å². The van der Waals surface area contributed by atoms with Gasteiger partial charge in [0.1, 0.15) is 5.75 Å². The number of methoxy groups -OCH3 is 3. The summed E-state index contributed by atoms with van der Waals surface area (Å²) in [7, 11) is 4.88. The SMILES string of the molecule is COc1ccc(Nc2cnnc(NCCc3ccc(OC)c(OC)c3)n2)cc1. The lowest BCUT2D eigenvalue weighted by Crippen LogP contribution is -2.10. The zero-order valence-corrected chi connectivity index (χ0v) is 16.1. The molecule has 0 unspecified atom stereocenters. The quantitative estimate of drug-likeness (QED) is 0.583. The van der Waals surface area contributed by atoms with Crippen LogP contribution in [0.15, 0.2) is 48.7 Å². The van der Waals surface area contributed by atoms with Crippen LogP contribution in [-0.2, 0) is 6.42 Å².